The van der Waals surface area contributed by atoms with E-state index in [2.05, 4.69) is 0 Å². The van der Waals surface area contributed by atoms with Gasteiger partial charge in [-0.05, 0) is 65.1 Å². The van der Waals surface area contributed by atoms with E-state index in [-0.39, 0.29) is 11.6 Å². The van der Waals surface area contributed by atoms with Crippen LogP contribution in [0.1, 0.15) is 15.9 Å². The van der Waals surface area contributed by atoms with Crippen molar-refractivity contribution < 1.29 is 13.6 Å². The fraction of sp³-hybridized carbons (Fsp3) is 0. The molecular formula is C13H7F2IO. The van der Waals surface area contributed by atoms with E-state index < -0.39 is 5.82 Å². The molecule has 0 aromatic heterocycles. The van der Waals surface area contributed by atoms with E-state index in [1.807, 2.05) is 22.6 Å². The number of hydrogen-bond acceptors (Lipinski definition) is 1. The molecule has 0 radical (unpaired) electrons. The second kappa shape index (κ2) is 4.91. The predicted octanol–water partition coefficient (Wildman–Crippen LogP) is 3.80. The van der Waals surface area contributed by atoms with Crippen LogP contribution in [-0.4, -0.2) is 5.78 Å². The van der Waals surface area contributed by atoms with Gasteiger partial charge in [0.25, 0.3) is 0 Å². The van der Waals surface area contributed by atoms with Crippen molar-refractivity contribution in [2.24, 2.45) is 0 Å². The highest BCUT2D eigenvalue weighted by atomic mass is 127. The smallest absolute Gasteiger partial charge is 0.193 e. The molecule has 2 aromatic carbocycles. The maximum Gasteiger partial charge on any atom is 0.193 e. The average Bonchev–Trinajstić information content (AvgIpc) is 2.33. The van der Waals surface area contributed by atoms with Crippen molar-refractivity contribution in [3.63, 3.8) is 0 Å². The van der Waals surface area contributed by atoms with E-state index in [1.54, 1.807) is 0 Å². The Balaban J connectivity index is 2.37. The van der Waals surface area contributed by atoms with E-state index in [4.69, 9.17) is 0 Å². The molecule has 0 saturated carbocycles. The molecule has 0 bridgehead atoms. The van der Waals surface area contributed by atoms with E-state index >= 15 is 0 Å². The van der Waals surface area contributed by atoms with Crippen LogP contribution in [0.15, 0.2) is 42.5 Å². The van der Waals surface area contributed by atoms with Gasteiger partial charge >= 0.3 is 0 Å². The minimum absolute atomic E-state index is 0.247. The summed E-state index contributed by atoms with van der Waals surface area (Å²) in [5.74, 6) is -1.00. The van der Waals surface area contributed by atoms with E-state index in [9.17, 15) is 13.6 Å². The second-order valence-electron chi connectivity index (χ2n) is 3.46. The summed E-state index contributed by atoms with van der Waals surface area (Å²) in [5, 5.41) is 0. The van der Waals surface area contributed by atoms with Gasteiger partial charge in [-0.3, -0.25) is 4.79 Å². The molecule has 1 nitrogen and oxygen atoms in total. The molecule has 0 heterocycles. The Labute approximate surface area is 111 Å². The number of carbonyl (C=O) groups excluding carboxylic acids is 1. The maximum absolute atomic E-state index is 13.0. The highest BCUT2D eigenvalue weighted by Gasteiger charge is 2.10. The molecule has 2 aromatic rings. The van der Waals surface area contributed by atoms with Crippen LogP contribution < -0.4 is 0 Å². The molecule has 0 spiro atoms. The van der Waals surface area contributed by atoms with Gasteiger partial charge in [0.2, 0.25) is 0 Å². The molecule has 2 rings (SSSR count). The molecule has 0 N–H and O–H groups in total. The minimum atomic E-state index is -0.393. The number of halogens is 3. The fourth-order valence-corrected chi connectivity index (χ4v) is 1.92. The highest BCUT2D eigenvalue weighted by molar-refractivity contribution is 14.1. The summed E-state index contributed by atoms with van der Waals surface area (Å²) in [6, 6.07) is 9.41. The molecule has 0 atom stereocenters. The first-order valence-corrected chi connectivity index (χ1v) is 5.91. The molecule has 17 heavy (non-hydrogen) atoms. The third kappa shape index (κ3) is 2.69. The lowest BCUT2D eigenvalue weighted by atomic mass is 10.0. The Morgan fingerprint density at radius 3 is 2.12 bits per heavy atom. The number of carbonyl (C=O) groups is 1. The van der Waals surface area contributed by atoms with Crippen molar-refractivity contribution in [2.75, 3.05) is 0 Å². The molecule has 0 saturated heterocycles. The average molecular weight is 344 g/mol. The number of benzene rings is 2. The topological polar surface area (TPSA) is 17.1 Å². The van der Waals surface area contributed by atoms with Gasteiger partial charge in [-0.15, -0.1) is 0 Å². The summed E-state index contributed by atoms with van der Waals surface area (Å²) in [5.41, 5.74) is 0.774. The molecule has 0 amide bonds. The van der Waals surface area contributed by atoms with Crippen LogP contribution in [0.3, 0.4) is 0 Å². The summed E-state index contributed by atoms with van der Waals surface area (Å²) in [4.78, 5) is 12.0. The molecule has 0 aliphatic carbocycles. The Kier molecular flexibility index (Phi) is 3.51. The second-order valence-corrected chi connectivity index (χ2v) is 4.63. The Bertz CT molecular complexity index is 564. The summed E-state index contributed by atoms with van der Waals surface area (Å²) in [6.45, 7) is 0. The quantitative estimate of drug-likeness (QED) is 0.598. The zero-order valence-electron chi connectivity index (χ0n) is 8.58. The Morgan fingerprint density at radius 1 is 0.941 bits per heavy atom. The molecule has 86 valence electrons. The van der Waals surface area contributed by atoms with Gasteiger partial charge in [-0.1, -0.05) is 0 Å². The molecule has 0 aliphatic heterocycles. The van der Waals surface area contributed by atoms with E-state index in [1.165, 1.54) is 42.5 Å². The third-order valence-corrected chi connectivity index (χ3v) is 3.11. The highest BCUT2D eigenvalue weighted by Crippen LogP contribution is 2.16. The normalized spacial score (nSPS) is 10.3. The number of ketones is 1. The van der Waals surface area contributed by atoms with Crippen LogP contribution in [0.2, 0.25) is 0 Å². The molecule has 0 aliphatic rings. The summed E-state index contributed by atoms with van der Waals surface area (Å²) in [7, 11) is 0. The van der Waals surface area contributed by atoms with Crippen molar-refractivity contribution in [3.8, 4) is 0 Å². The van der Waals surface area contributed by atoms with Crippen LogP contribution in [0.4, 0.5) is 8.78 Å². The van der Waals surface area contributed by atoms with Crippen LogP contribution in [-0.2, 0) is 0 Å². The van der Waals surface area contributed by atoms with Gasteiger partial charge in [0.05, 0.1) is 0 Å². The van der Waals surface area contributed by atoms with Crippen molar-refractivity contribution >= 4 is 28.4 Å². The number of rotatable bonds is 2. The van der Waals surface area contributed by atoms with Crippen LogP contribution >= 0.6 is 22.6 Å². The minimum Gasteiger partial charge on any atom is -0.289 e. The first-order valence-electron chi connectivity index (χ1n) is 4.83. The largest absolute Gasteiger partial charge is 0.289 e. The molecular weight excluding hydrogens is 337 g/mol. The van der Waals surface area contributed by atoms with E-state index in [0.29, 0.717) is 14.7 Å². The lowest BCUT2D eigenvalue weighted by molar-refractivity contribution is 0.103. The number of hydrogen-bond donors (Lipinski definition) is 0. The SMILES string of the molecule is O=C(c1ccc(F)cc1)c1ccc(F)c(I)c1. The maximum atomic E-state index is 13.0. The van der Waals surface area contributed by atoms with Crippen molar-refractivity contribution in [2.45, 2.75) is 0 Å². The van der Waals surface area contributed by atoms with Crippen molar-refractivity contribution in [1.82, 2.24) is 0 Å². The predicted molar refractivity (Wildman–Crippen MR) is 68.9 cm³/mol. The first-order chi connectivity index (χ1) is 8.08. The van der Waals surface area contributed by atoms with Crippen molar-refractivity contribution in [3.05, 3.63) is 68.8 Å². The van der Waals surface area contributed by atoms with Crippen molar-refractivity contribution in [1.29, 1.82) is 0 Å². The van der Waals surface area contributed by atoms with Gasteiger partial charge in [0, 0.05) is 14.7 Å². The Hall–Kier alpha value is -1.30. The molecule has 0 fully saturated rings. The van der Waals surface area contributed by atoms with Gasteiger partial charge in [0.15, 0.2) is 5.78 Å². The summed E-state index contributed by atoms with van der Waals surface area (Å²) < 4.78 is 26.1. The van der Waals surface area contributed by atoms with Gasteiger partial charge in [0.1, 0.15) is 11.6 Å². The lowest BCUT2D eigenvalue weighted by Gasteiger charge is -2.02. The fourth-order valence-electron chi connectivity index (χ4n) is 1.41. The summed E-state index contributed by atoms with van der Waals surface area (Å²) in [6.07, 6.45) is 0. The standard InChI is InChI=1S/C13H7F2IO/c14-10-4-1-8(2-5-10)13(17)9-3-6-11(15)12(16)7-9/h1-7H. The zero-order chi connectivity index (χ0) is 12.4. The van der Waals surface area contributed by atoms with Crippen LogP contribution in [0.5, 0.6) is 0 Å². The lowest BCUT2D eigenvalue weighted by Crippen LogP contribution is -2.02. The molecule has 0 unspecified atom stereocenters. The van der Waals surface area contributed by atoms with Crippen LogP contribution in [0.25, 0.3) is 0 Å². The monoisotopic (exact) mass is 344 g/mol. The van der Waals surface area contributed by atoms with Crippen LogP contribution in [0, 0.1) is 15.2 Å². The van der Waals surface area contributed by atoms with Gasteiger partial charge in [-0.25, -0.2) is 8.78 Å². The van der Waals surface area contributed by atoms with Gasteiger partial charge in [-0.2, -0.15) is 0 Å². The molecule has 4 heteroatoms. The summed E-state index contributed by atoms with van der Waals surface area (Å²) >= 11 is 1.82. The third-order valence-electron chi connectivity index (χ3n) is 2.29. The zero-order valence-corrected chi connectivity index (χ0v) is 10.7. The Morgan fingerprint density at radius 2 is 1.53 bits per heavy atom. The first kappa shape index (κ1) is 12.2. The van der Waals surface area contributed by atoms with E-state index in [0.717, 1.165) is 0 Å². The van der Waals surface area contributed by atoms with Gasteiger partial charge < -0.3 is 0 Å².